The molecule has 0 bridgehead atoms. The molecule has 0 unspecified atom stereocenters. The van der Waals surface area contributed by atoms with Gasteiger partial charge < -0.3 is 10.8 Å². The van der Waals surface area contributed by atoms with Crippen molar-refractivity contribution in [2.75, 3.05) is 0 Å². The number of aromatic hydroxyl groups is 1. The second-order valence-corrected chi connectivity index (χ2v) is 3.89. The van der Waals surface area contributed by atoms with E-state index in [2.05, 4.69) is 4.98 Å². The van der Waals surface area contributed by atoms with Crippen LogP contribution in [-0.4, -0.2) is 10.1 Å². The topological polar surface area (TPSA) is 59.1 Å². The average molecular weight is 170 g/mol. The summed E-state index contributed by atoms with van der Waals surface area (Å²) < 4.78 is 0. The summed E-state index contributed by atoms with van der Waals surface area (Å²) in [4.78, 5) is 4.97. The van der Waals surface area contributed by atoms with E-state index < -0.39 is 0 Å². The van der Waals surface area contributed by atoms with Crippen molar-refractivity contribution in [1.82, 2.24) is 4.98 Å². The molecule has 0 saturated heterocycles. The van der Waals surface area contributed by atoms with Gasteiger partial charge in [-0.15, -0.1) is 11.3 Å². The van der Waals surface area contributed by atoms with Crippen LogP contribution in [0, 0.1) is 0 Å². The summed E-state index contributed by atoms with van der Waals surface area (Å²) in [5.74, 6) is 0.783. The van der Waals surface area contributed by atoms with Gasteiger partial charge in [-0.25, -0.2) is 4.98 Å². The van der Waals surface area contributed by atoms with Crippen LogP contribution in [-0.2, 0) is 6.54 Å². The number of hydrogen-bond donors (Lipinski definition) is 2. The molecule has 0 atom stereocenters. The standard InChI is InChI=1S/C7H10N2OS/c8-3-5-9-7(10)6(11-5)4-1-2-4/h4,10H,1-3,8H2. The Hall–Kier alpha value is -0.610. The highest BCUT2D eigenvalue weighted by atomic mass is 32.1. The van der Waals surface area contributed by atoms with E-state index in [4.69, 9.17) is 5.73 Å². The first-order valence-corrected chi connectivity index (χ1v) is 4.51. The molecule has 0 radical (unpaired) electrons. The van der Waals surface area contributed by atoms with Gasteiger partial charge in [0.25, 0.3) is 0 Å². The van der Waals surface area contributed by atoms with Gasteiger partial charge in [-0.05, 0) is 18.8 Å². The summed E-state index contributed by atoms with van der Waals surface area (Å²) >= 11 is 1.54. The van der Waals surface area contributed by atoms with E-state index in [-0.39, 0.29) is 5.88 Å². The Balaban J connectivity index is 2.30. The Kier molecular flexibility index (Phi) is 1.58. The smallest absolute Gasteiger partial charge is 0.225 e. The van der Waals surface area contributed by atoms with Crippen LogP contribution >= 0.6 is 11.3 Å². The Morgan fingerprint density at radius 2 is 2.36 bits per heavy atom. The molecule has 1 heterocycles. The molecule has 3 nitrogen and oxygen atoms in total. The van der Waals surface area contributed by atoms with Crippen LogP contribution in [0.2, 0.25) is 0 Å². The van der Waals surface area contributed by atoms with Crippen LogP contribution in [0.15, 0.2) is 0 Å². The van der Waals surface area contributed by atoms with Crippen molar-refractivity contribution < 1.29 is 5.11 Å². The summed E-state index contributed by atoms with van der Waals surface area (Å²) in [6, 6.07) is 0. The van der Waals surface area contributed by atoms with Gasteiger partial charge in [0.1, 0.15) is 5.01 Å². The first kappa shape index (κ1) is 7.06. The van der Waals surface area contributed by atoms with E-state index in [0.717, 1.165) is 9.88 Å². The predicted octanol–water partition coefficient (Wildman–Crippen LogP) is 1.18. The van der Waals surface area contributed by atoms with Crippen molar-refractivity contribution in [3.05, 3.63) is 9.88 Å². The lowest BCUT2D eigenvalue weighted by Crippen LogP contribution is -1.93. The van der Waals surface area contributed by atoms with Crippen molar-refractivity contribution >= 4 is 11.3 Å². The zero-order chi connectivity index (χ0) is 7.84. The highest BCUT2D eigenvalue weighted by molar-refractivity contribution is 7.12. The zero-order valence-electron chi connectivity index (χ0n) is 6.08. The molecule has 1 aliphatic rings. The third-order valence-corrected chi connectivity index (χ3v) is 3.03. The number of aromatic nitrogens is 1. The number of nitrogens with zero attached hydrogens (tertiary/aromatic N) is 1. The highest BCUT2D eigenvalue weighted by Gasteiger charge is 2.29. The van der Waals surface area contributed by atoms with Crippen LogP contribution in [0.25, 0.3) is 0 Å². The molecule has 60 valence electrons. The monoisotopic (exact) mass is 170 g/mol. The lowest BCUT2D eigenvalue weighted by molar-refractivity contribution is 0.450. The van der Waals surface area contributed by atoms with Crippen molar-refractivity contribution in [3.63, 3.8) is 0 Å². The van der Waals surface area contributed by atoms with Crippen LogP contribution < -0.4 is 5.73 Å². The molecule has 11 heavy (non-hydrogen) atoms. The molecule has 0 aliphatic heterocycles. The summed E-state index contributed by atoms with van der Waals surface area (Å²) in [5, 5.41) is 10.2. The lowest BCUT2D eigenvalue weighted by atomic mass is 10.4. The van der Waals surface area contributed by atoms with Crippen LogP contribution in [0.4, 0.5) is 0 Å². The van der Waals surface area contributed by atoms with Crippen molar-refractivity contribution in [1.29, 1.82) is 0 Å². The third kappa shape index (κ3) is 1.23. The number of thiazole rings is 1. The Morgan fingerprint density at radius 1 is 1.64 bits per heavy atom. The third-order valence-electron chi connectivity index (χ3n) is 1.80. The van der Waals surface area contributed by atoms with E-state index in [1.165, 1.54) is 12.8 Å². The van der Waals surface area contributed by atoms with Crippen LogP contribution in [0.1, 0.15) is 28.6 Å². The molecule has 4 heteroatoms. The maximum Gasteiger partial charge on any atom is 0.225 e. The van der Waals surface area contributed by atoms with Gasteiger partial charge >= 0.3 is 0 Å². The fraction of sp³-hybridized carbons (Fsp3) is 0.571. The highest BCUT2D eigenvalue weighted by Crippen LogP contribution is 2.46. The quantitative estimate of drug-likeness (QED) is 0.700. The Bertz CT molecular complexity index is 267. The number of nitrogens with two attached hydrogens (primary N) is 1. The minimum absolute atomic E-state index is 0.206. The summed E-state index contributed by atoms with van der Waals surface area (Å²) in [5.41, 5.74) is 5.39. The lowest BCUT2D eigenvalue weighted by Gasteiger charge is -1.87. The normalized spacial score (nSPS) is 17.2. The van der Waals surface area contributed by atoms with Gasteiger partial charge in [-0.1, -0.05) is 0 Å². The van der Waals surface area contributed by atoms with Crippen molar-refractivity contribution in [2.45, 2.75) is 25.3 Å². The molecule has 1 aliphatic carbocycles. The maximum atomic E-state index is 9.32. The Morgan fingerprint density at radius 3 is 2.82 bits per heavy atom. The second-order valence-electron chi connectivity index (χ2n) is 2.77. The van der Waals surface area contributed by atoms with E-state index in [9.17, 15) is 5.11 Å². The summed E-state index contributed by atoms with van der Waals surface area (Å²) in [7, 11) is 0. The molecule has 0 amide bonds. The van der Waals surface area contributed by atoms with Crippen LogP contribution in [0.3, 0.4) is 0 Å². The van der Waals surface area contributed by atoms with Gasteiger partial charge in [0, 0.05) is 6.54 Å². The first-order valence-electron chi connectivity index (χ1n) is 3.70. The van der Waals surface area contributed by atoms with Gasteiger partial charge in [-0.2, -0.15) is 0 Å². The zero-order valence-corrected chi connectivity index (χ0v) is 6.90. The first-order chi connectivity index (χ1) is 5.31. The van der Waals surface area contributed by atoms with Crippen molar-refractivity contribution in [3.8, 4) is 5.88 Å². The van der Waals surface area contributed by atoms with E-state index >= 15 is 0 Å². The number of rotatable bonds is 2. The number of hydrogen-bond acceptors (Lipinski definition) is 4. The average Bonchev–Trinajstić information content (AvgIpc) is 2.76. The van der Waals surface area contributed by atoms with E-state index in [1.807, 2.05) is 0 Å². The largest absolute Gasteiger partial charge is 0.492 e. The summed E-state index contributed by atoms with van der Waals surface area (Å²) in [6.07, 6.45) is 2.39. The van der Waals surface area contributed by atoms with Gasteiger partial charge in [-0.3, -0.25) is 0 Å². The molecule has 0 aromatic carbocycles. The van der Waals surface area contributed by atoms with Gasteiger partial charge in [0.05, 0.1) is 4.88 Å². The molecular formula is C7H10N2OS. The van der Waals surface area contributed by atoms with Gasteiger partial charge in [0.15, 0.2) is 0 Å². The molecule has 2 rings (SSSR count). The van der Waals surface area contributed by atoms with E-state index in [0.29, 0.717) is 12.5 Å². The van der Waals surface area contributed by atoms with E-state index in [1.54, 1.807) is 11.3 Å². The molecular weight excluding hydrogens is 160 g/mol. The second kappa shape index (κ2) is 2.46. The SMILES string of the molecule is NCc1nc(O)c(C2CC2)s1. The molecule has 1 fully saturated rings. The molecule has 3 N–H and O–H groups in total. The van der Waals surface area contributed by atoms with Crippen molar-refractivity contribution in [2.24, 2.45) is 5.73 Å². The molecule has 0 spiro atoms. The van der Waals surface area contributed by atoms with Crippen LogP contribution in [0.5, 0.6) is 5.88 Å². The molecule has 1 aromatic heterocycles. The molecule has 1 aromatic rings. The van der Waals surface area contributed by atoms with Gasteiger partial charge in [0.2, 0.25) is 5.88 Å². The fourth-order valence-corrected chi connectivity index (χ4v) is 2.08. The molecule has 1 saturated carbocycles. The minimum Gasteiger partial charge on any atom is -0.492 e. The summed E-state index contributed by atoms with van der Waals surface area (Å²) in [6.45, 7) is 0.435. The fourth-order valence-electron chi connectivity index (χ4n) is 1.07. The minimum atomic E-state index is 0.206. The maximum absolute atomic E-state index is 9.32. The Labute approximate surface area is 68.9 Å². The predicted molar refractivity (Wildman–Crippen MR) is 43.6 cm³/mol.